The summed E-state index contributed by atoms with van der Waals surface area (Å²) in [4.78, 5) is 0. The molecule has 29 heavy (non-hydrogen) atoms. The van der Waals surface area contributed by atoms with E-state index in [0.29, 0.717) is 5.92 Å². The summed E-state index contributed by atoms with van der Waals surface area (Å²) in [7, 11) is 0. The van der Waals surface area contributed by atoms with Crippen LogP contribution in [-0.2, 0) is 26.2 Å². The van der Waals surface area contributed by atoms with Gasteiger partial charge in [0, 0.05) is 5.41 Å². The summed E-state index contributed by atoms with van der Waals surface area (Å²) in [6, 6.07) is 17.5. The number of hydrogen-bond donors (Lipinski definition) is 0. The van der Waals surface area contributed by atoms with E-state index in [0.717, 1.165) is 0 Å². The van der Waals surface area contributed by atoms with Gasteiger partial charge in [-0.2, -0.15) is 0 Å². The van der Waals surface area contributed by atoms with Crippen molar-refractivity contribution < 1.29 is 51.0 Å². The molecule has 0 heterocycles. The zero-order valence-corrected chi connectivity index (χ0v) is 21.9. The van der Waals surface area contributed by atoms with E-state index in [4.69, 9.17) is 0 Å². The second kappa shape index (κ2) is 9.51. The Kier molecular flexibility index (Phi) is 8.58. The van der Waals surface area contributed by atoms with Crippen molar-refractivity contribution in [3.8, 4) is 0 Å². The Hall–Kier alpha value is -0.877. The van der Waals surface area contributed by atoms with Gasteiger partial charge >= 0.3 is 26.2 Å². The molecule has 2 aromatic rings. The Balaban J connectivity index is 0.00000140. The summed E-state index contributed by atoms with van der Waals surface area (Å²) >= 11 is 0. The second-order valence-corrected chi connectivity index (χ2v) is 8.27. The number of allylic oxidation sites excluding steroid dienone is 5. The zero-order chi connectivity index (χ0) is 18.6. The first-order valence-electron chi connectivity index (χ1n) is 9.56. The van der Waals surface area contributed by atoms with Crippen LogP contribution in [0, 0.1) is 11.5 Å². The first-order chi connectivity index (χ1) is 12.3. The van der Waals surface area contributed by atoms with Gasteiger partial charge in [-0.15, -0.1) is 28.8 Å². The van der Waals surface area contributed by atoms with Crippen molar-refractivity contribution in [3.05, 3.63) is 93.6 Å². The van der Waals surface area contributed by atoms with E-state index in [-0.39, 0.29) is 56.4 Å². The molecule has 0 aromatic heterocycles. The van der Waals surface area contributed by atoms with Gasteiger partial charge in [-0.05, 0) is 32.3 Å². The predicted molar refractivity (Wildman–Crippen MR) is 112 cm³/mol. The summed E-state index contributed by atoms with van der Waals surface area (Å²) in [5.41, 5.74) is 12.6. The quantitative estimate of drug-likeness (QED) is 0.543. The minimum Gasteiger partial charge on any atom is -1.00 e. The summed E-state index contributed by atoms with van der Waals surface area (Å²) in [5.74, 6) is 0.382. The molecule has 1 unspecified atom stereocenters. The van der Waals surface area contributed by atoms with Crippen LogP contribution in [0.2, 0.25) is 0 Å². The summed E-state index contributed by atoms with van der Waals surface area (Å²) in [6.07, 6.45) is 3.80. The van der Waals surface area contributed by atoms with Crippen LogP contribution in [0.3, 0.4) is 0 Å². The molecule has 1 radical (unpaired) electrons. The molecule has 0 amide bonds. The van der Waals surface area contributed by atoms with Gasteiger partial charge in [0.05, 0.1) is 0 Å². The van der Waals surface area contributed by atoms with E-state index in [2.05, 4.69) is 96.1 Å². The van der Waals surface area contributed by atoms with Crippen molar-refractivity contribution in [2.24, 2.45) is 5.41 Å². The van der Waals surface area contributed by atoms with Crippen LogP contribution in [0.5, 0.6) is 0 Å². The van der Waals surface area contributed by atoms with Crippen molar-refractivity contribution >= 4 is 11.1 Å². The molecule has 0 aliphatic heterocycles. The first kappa shape index (κ1) is 26.2. The fourth-order valence-electron chi connectivity index (χ4n) is 4.75. The molecule has 2 aliphatic carbocycles. The second-order valence-electron chi connectivity index (χ2n) is 8.27. The molecule has 0 saturated carbocycles. The number of hydrogen-bond acceptors (Lipinski definition) is 0. The summed E-state index contributed by atoms with van der Waals surface area (Å²) in [5, 5.41) is 0. The molecule has 0 nitrogen and oxygen atoms in total. The molecular formula is C26H27Cl2Zr. The maximum atomic E-state index is 3.80. The number of halogens is 2. The van der Waals surface area contributed by atoms with Crippen LogP contribution < -0.4 is 24.8 Å². The Morgan fingerprint density at radius 3 is 2.00 bits per heavy atom. The van der Waals surface area contributed by atoms with Gasteiger partial charge in [0.2, 0.25) is 0 Å². The molecule has 0 N–H and O–H groups in total. The maximum absolute atomic E-state index is 3.80. The Bertz CT molecular complexity index is 995. The Morgan fingerprint density at radius 1 is 0.828 bits per heavy atom. The molecule has 149 valence electrons. The minimum absolute atomic E-state index is 0. The monoisotopic (exact) mass is 499 g/mol. The van der Waals surface area contributed by atoms with E-state index in [1.807, 2.05) is 0 Å². The van der Waals surface area contributed by atoms with Crippen molar-refractivity contribution in [2.75, 3.05) is 0 Å². The average Bonchev–Trinajstić information content (AvgIpc) is 3.05. The van der Waals surface area contributed by atoms with Crippen LogP contribution in [0.15, 0.2) is 65.3 Å². The van der Waals surface area contributed by atoms with Crippen molar-refractivity contribution in [3.63, 3.8) is 0 Å². The molecular weight excluding hydrogens is 474 g/mol. The number of benzene rings is 2. The van der Waals surface area contributed by atoms with E-state index in [1.165, 1.54) is 50.1 Å². The van der Waals surface area contributed by atoms with Crippen LogP contribution in [0.1, 0.15) is 69.7 Å². The smallest absolute Gasteiger partial charge is 1.00 e. The van der Waals surface area contributed by atoms with Crippen LogP contribution >= 0.6 is 0 Å². The van der Waals surface area contributed by atoms with Crippen molar-refractivity contribution in [1.29, 1.82) is 0 Å². The van der Waals surface area contributed by atoms with Crippen molar-refractivity contribution in [1.82, 2.24) is 0 Å². The normalized spacial score (nSPS) is 19.1. The zero-order valence-electron chi connectivity index (χ0n) is 18.0. The van der Waals surface area contributed by atoms with Gasteiger partial charge < -0.3 is 24.8 Å². The molecule has 2 aliphatic rings. The molecule has 4 rings (SSSR count). The molecule has 2 aromatic carbocycles. The van der Waals surface area contributed by atoms with Gasteiger partial charge in [-0.1, -0.05) is 91.1 Å². The molecule has 0 saturated heterocycles. The average molecular weight is 502 g/mol. The van der Waals surface area contributed by atoms with E-state index < -0.39 is 0 Å². The Morgan fingerprint density at radius 2 is 1.45 bits per heavy atom. The fourth-order valence-corrected chi connectivity index (χ4v) is 4.75. The molecule has 3 heteroatoms. The Labute approximate surface area is 207 Å². The summed E-state index contributed by atoms with van der Waals surface area (Å²) in [6.45, 7) is 13.9. The van der Waals surface area contributed by atoms with Crippen LogP contribution in [0.25, 0.3) is 11.1 Å². The van der Waals surface area contributed by atoms with Crippen LogP contribution in [-0.4, -0.2) is 0 Å². The minimum atomic E-state index is 0. The van der Waals surface area contributed by atoms with E-state index >= 15 is 0 Å². The SMILES string of the molecule is CC1=C(C)C(C)(C)C(c2cccc3c2[C-]=C(c2ccccc2)C3C)=C1C.[Cl-].[Cl-].[Zr+3]. The molecule has 1 atom stereocenters. The molecule has 0 bridgehead atoms. The van der Waals surface area contributed by atoms with Crippen molar-refractivity contribution in [2.45, 2.75) is 47.5 Å². The van der Waals surface area contributed by atoms with Crippen LogP contribution in [0.4, 0.5) is 0 Å². The summed E-state index contributed by atoms with van der Waals surface area (Å²) < 4.78 is 0. The topological polar surface area (TPSA) is 0 Å². The largest absolute Gasteiger partial charge is 3.00 e. The number of rotatable bonds is 2. The van der Waals surface area contributed by atoms with Gasteiger partial charge in [-0.3, -0.25) is 0 Å². The van der Waals surface area contributed by atoms with E-state index in [1.54, 1.807) is 0 Å². The maximum Gasteiger partial charge on any atom is 3.00 e. The standard InChI is InChI=1S/C26H27.2ClH.Zr/c1-16-17(2)25(26(5,6)19(16)4)22-14-10-13-21-18(3)23(15-24(21)22)20-11-8-7-9-12-20;;;/h7-14,18H,1-6H3;2*1H;/q-1;;;+3/p-2. The van der Waals surface area contributed by atoms with Gasteiger partial charge in [-0.25, -0.2) is 0 Å². The number of fused-ring (bicyclic) bond motifs is 1. The first-order valence-corrected chi connectivity index (χ1v) is 9.56. The van der Waals surface area contributed by atoms with Gasteiger partial charge in [0.1, 0.15) is 0 Å². The predicted octanol–water partition coefficient (Wildman–Crippen LogP) is 1.19. The van der Waals surface area contributed by atoms with Gasteiger partial charge in [0.15, 0.2) is 0 Å². The third-order valence-corrected chi connectivity index (χ3v) is 6.67. The fraction of sp³-hybridized carbons (Fsp3) is 0.308. The molecule has 0 spiro atoms. The third-order valence-electron chi connectivity index (χ3n) is 6.67. The van der Waals surface area contributed by atoms with E-state index in [9.17, 15) is 0 Å². The van der Waals surface area contributed by atoms with Gasteiger partial charge in [0.25, 0.3) is 0 Å². The molecule has 0 fully saturated rings. The third kappa shape index (κ3) is 4.04.